The molecule has 0 atom stereocenters. The monoisotopic (exact) mass is 726 g/mol. The molecule has 0 aliphatic carbocycles. The molecule has 4 aromatic carbocycles. The molecule has 0 spiro atoms. The Morgan fingerprint density at radius 3 is 1.31 bits per heavy atom. The lowest BCUT2D eigenvalue weighted by molar-refractivity contribution is 0.414. The fourth-order valence-electron chi connectivity index (χ4n) is 5.35. The van der Waals surface area contributed by atoms with E-state index in [0.29, 0.717) is 24.7 Å². The highest BCUT2D eigenvalue weighted by atomic mass is 33.1. The van der Waals surface area contributed by atoms with Crippen LogP contribution >= 0.6 is 21.6 Å². The third kappa shape index (κ3) is 7.01. The molecule has 0 aliphatic heterocycles. The van der Waals surface area contributed by atoms with Gasteiger partial charge in [0.1, 0.15) is 21.6 Å². The molecule has 14 nitrogen and oxygen atoms in total. The first-order chi connectivity index (χ1) is 25.6. The van der Waals surface area contributed by atoms with Crippen molar-refractivity contribution in [3.8, 4) is 45.6 Å². The number of ether oxygens (including phenoxy) is 2. The fourth-order valence-corrected chi connectivity index (χ4v) is 7.86. The Bertz CT molecular complexity index is 2220. The summed E-state index contributed by atoms with van der Waals surface area (Å²) in [6.07, 6.45) is 3.54. The molecule has 0 fully saturated rings. The fraction of sp³-hybridized carbons (Fsp3) is 0.111. The highest BCUT2D eigenvalue weighted by Gasteiger charge is 2.24. The van der Waals surface area contributed by atoms with Gasteiger partial charge in [0.05, 0.1) is 62.2 Å². The highest BCUT2D eigenvalue weighted by molar-refractivity contribution is 8.76. The SMILES string of the molecule is COc1ccc(Cn2nnc(-c3cnn(-c4ccccc4)c3SSc3c(-c4nnn(Cc5ccc(OC)cc5)n4)cnn3-c3ccccc3)n2)cc1. The smallest absolute Gasteiger partial charge is 0.209 e. The van der Waals surface area contributed by atoms with Gasteiger partial charge >= 0.3 is 0 Å². The second kappa shape index (κ2) is 14.9. The van der Waals surface area contributed by atoms with Crippen LogP contribution in [0.15, 0.2) is 132 Å². The summed E-state index contributed by atoms with van der Waals surface area (Å²) in [7, 11) is 6.30. The van der Waals surface area contributed by atoms with E-state index in [-0.39, 0.29) is 0 Å². The predicted octanol–water partition coefficient (Wildman–Crippen LogP) is 6.28. The van der Waals surface area contributed by atoms with Gasteiger partial charge in [-0.1, -0.05) is 60.7 Å². The van der Waals surface area contributed by atoms with Crippen LogP contribution < -0.4 is 9.47 Å². The normalized spacial score (nSPS) is 11.2. The molecule has 4 aromatic heterocycles. The molecule has 0 unspecified atom stereocenters. The molecule has 0 N–H and O–H groups in total. The zero-order chi connectivity index (χ0) is 35.3. The van der Waals surface area contributed by atoms with Gasteiger partial charge < -0.3 is 9.47 Å². The topological polar surface area (TPSA) is 141 Å². The Balaban J connectivity index is 1.12. The molecule has 4 heterocycles. The first-order valence-corrected chi connectivity index (χ1v) is 18.2. The molecular formula is C36H30N12O2S2. The van der Waals surface area contributed by atoms with Crippen molar-refractivity contribution in [2.24, 2.45) is 0 Å². The molecule has 258 valence electrons. The minimum Gasteiger partial charge on any atom is -0.497 e. The van der Waals surface area contributed by atoms with Crippen LogP contribution in [0.5, 0.6) is 11.5 Å². The van der Waals surface area contributed by atoms with Gasteiger partial charge in [0, 0.05) is 0 Å². The average Bonchev–Trinajstić information content (AvgIpc) is 4.02. The van der Waals surface area contributed by atoms with Gasteiger partial charge in [-0.15, -0.1) is 20.4 Å². The third-order valence-electron chi connectivity index (χ3n) is 8.00. The Morgan fingerprint density at radius 1 is 0.519 bits per heavy atom. The second-order valence-corrected chi connectivity index (χ2v) is 13.5. The van der Waals surface area contributed by atoms with E-state index in [9.17, 15) is 0 Å². The van der Waals surface area contributed by atoms with E-state index >= 15 is 0 Å². The van der Waals surface area contributed by atoms with Crippen LogP contribution in [0.1, 0.15) is 11.1 Å². The van der Waals surface area contributed by atoms with Crippen molar-refractivity contribution in [3.63, 3.8) is 0 Å². The van der Waals surface area contributed by atoms with Crippen LogP contribution in [0.25, 0.3) is 34.2 Å². The lowest BCUT2D eigenvalue weighted by Gasteiger charge is -2.10. The summed E-state index contributed by atoms with van der Waals surface area (Å²) >= 11 is 0. The number of aromatic nitrogens is 12. The van der Waals surface area contributed by atoms with E-state index in [2.05, 4.69) is 20.6 Å². The first kappa shape index (κ1) is 32.9. The molecule has 0 saturated carbocycles. The van der Waals surface area contributed by atoms with Crippen LogP contribution in [0, 0.1) is 0 Å². The quantitative estimate of drug-likeness (QED) is 0.124. The van der Waals surface area contributed by atoms with Crippen LogP contribution in [0.2, 0.25) is 0 Å². The van der Waals surface area contributed by atoms with Gasteiger partial charge in [-0.3, -0.25) is 0 Å². The predicted molar refractivity (Wildman–Crippen MR) is 197 cm³/mol. The van der Waals surface area contributed by atoms with Crippen molar-refractivity contribution in [2.45, 2.75) is 23.1 Å². The summed E-state index contributed by atoms with van der Waals surface area (Å²) in [6, 6.07) is 35.4. The standard InChI is InChI=1S/C36H30N12O2S2/c1-49-29-17-13-25(14-18-29)23-45-41-33(39-43-45)31-21-37-47(27-9-5-3-6-10-27)35(31)51-52-36-32(22-38-48(36)28-11-7-4-8-12-28)34-40-44-46(42-34)24-26-15-19-30(50-2)20-16-26/h3-22H,23-24H2,1-2H3. The van der Waals surface area contributed by atoms with Gasteiger partial charge in [-0.25, -0.2) is 9.36 Å². The number of rotatable bonds is 13. The zero-order valence-corrected chi connectivity index (χ0v) is 29.6. The number of benzene rings is 4. The summed E-state index contributed by atoms with van der Waals surface area (Å²) < 4.78 is 14.3. The van der Waals surface area contributed by atoms with Crippen LogP contribution in [-0.2, 0) is 13.1 Å². The highest BCUT2D eigenvalue weighted by Crippen LogP contribution is 2.45. The molecule has 0 saturated heterocycles. The van der Waals surface area contributed by atoms with Gasteiger partial charge in [-0.2, -0.15) is 19.8 Å². The van der Waals surface area contributed by atoms with E-state index in [4.69, 9.17) is 29.9 Å². The maximum atomic E-state index is 5.29. The van der Waals surface area contributed by atoms with E-state index in [1.807, 2.05) is 119 Å². The molecule has 0 bridgehead atoms. The Hall–Kier alpha value is -6.26. The summed E-state index contributed by atoms with van der Waals surface area (Å²) in [6.45, 7) is 0.902. The Kier molecular flexibility index (Phi) is 9.45. The van der Waals surface area contributed by atoms with Crippen molar-refractivity contribution < 1.29 is 9.47 Å². The van der Waals surface area contributed by atoms with Crippen LogP contribution in [0.3, 0.4) is 0 Å². The van der Waals surface area contributed by atoms with E-state index < -0.39 is 0 Å². The summed E-state index contributed by atoms with van der Waals surface area (Å²) in [5.74, 6) is 2.49. The van der Waals surface area contributed by atoms with Crippen molar-refractivity contribution in [2.75, 3.05) is 14.2 Å². The minimum atomic E-state index is 0.451. The number of methoxy groups -OCH3 is 2. The molecule has 0 aliphatic rings. The molecule has 16 heteroatoms. The number of para-hydroxylation sites is 2. The molecular weight excluding hydrogens is 697 g/mol. The van der Waals surface area contributed by atoms with Gasteiger partial charge in [0.25, 0.3) is 0 Å². The van der Waals surface area contributed by atoms with Crippen molar-refractivity contribution in [3.05, 3.63) is 133 Å². The lowest BCUT2D eigenvalue weighted by atomic mass is 10.2. The van der Waals surface area contributed by atoms with Crippen molar-refractivity contribution >= 4 is 21.6 Å². The van der Waals surface area contributed by atoms with Gasteiger partial charge in [0.2, 0.25) is 11.6 Å². The van der Waals surface area contributed by atoms with Gasteiger partial charge in [0.15, 0.2) is 0 Å². The van der Waals surface area contributed by atoms with E-state index in [1.54, 1.807) is 36.2 Å². The average molecular weight is 727 g/mol. The summed E-state index contributed by atoms with van der Waals surface area (Å²) in [5, 5.41) is 38.2. The second-order valence-electron chi connectivity index (χ2n) is 11.4. The third-order valence-corrected chi connectivity index (χ3v) is 10.4. The molecule has 0 amide bonds. The van der Waals surface area contributed by atoms with E-state index in [0.717, 1.165) is 55.2 Å². The van der Waals surface area contributed by atoms with Crippen molar-refractivity contribution in [1.82, 2.24) is 60.0 Å². The number of tetrazole rings is 2. The summed E-state index contributed by atoms with van der Waals surface area (Å²) in [4.78, 5) is 3.14. The largest absolute Gasteiger partial charge is 0.497 e. The number of nitrogens with zero attached hydrogens (tertiary/aromatic N) is 12. The minimum absolute atomic E-state index is 0.451. The first-order valence-electron chi connectivity index (χ1n) is 16.1. The summed E-state index contributed by atoms with van der Waals surface area (Å²) in [5.41, 5.74) is 5.29. The number of hydrogen-bond donors (Lipinski definition) is 0. The lowest BCUT2D eigenvalue weighted by Crippen LogP contribution is -2.04. The molecule has 8 aromatic rings. The van der Waals surface area contributed by atoms with Crippen LogP contribution in [0.4, 0.5) is 0 Å². The van der Waals surface area contributed by atoms with E-state index in [1.165, 1.54) is 21.6 Å². The molecule has 8 rings (SSSR count). The van der Waals surface area contributed by atoms with Crippen LogP contribution in [-0.4, -0.2) is 74.2 Å². The maximum Gasteiger partial charge on any atom is 0.209 e. The number of hydrogen-bond acceptors (Lipinski definition) is 12. The van der Waals surface area contributed by atoms with Gasteiger partial charge in [-0.05, 0) is 91.7 Å². The maximum absolute atomic E-state index is 5.29. The molecule has 52 heavy (non-hydrogen) atoms. The Labute approximate surface area is 305 Å². The molecule has 0 radical (unpaired) electrons. The zero-order valence-electron chi connectivity index (χ0n) is 28.0. The van der Waals surface area contributed by atoms with Crippen molar-refractivity contribution in [1.29, 1.82) is 0 Å². The Morgan fingerprint density at radius 2 is 0.923 bits per heavy atom.